The number of esters is 1. The first kappa shape index (κ1) is 22.6. The van der Waals surface area contributed by atoms with Gasteiger partial charge in [0, 0.05) is 0 Å². The lowest BCUT2D eigenvalue weighted by atomic mass is 9.98. The summed E-state index contributed by atoms with van der Waals surface area (Å²) in [7, 11) is 1.40. The lowest BCUT2D eigenvalue weighted by Crippen LogP contribution is -2.29. The summed E-state index contributed by atoms with van der Waals surface area (Å²) in [4.78, 5) is 45.7. The fourth-order valence-electron chi connectivity index (χ4n) is 4.17. The van der Waals surface area contributed by atoms with Gasteiger partial charge in [-0.15, -0.1) is 0 Å². The Balaban J connectivity index is 1.76. The molecule has 1 aliphatic heterocycles. The van der Waals surface area contributed by atoms with Gasteiger partial charge in [0.2, 0.25) is 5.76 Å². The van der Waals surface area contributed by atoms with Crippen LogP contribution in [0.2, 0.25) is 0 Å². The number of hydrogen-bond donors (Lipinski definition) is 1. The second kappa shape index (κ2) is 8.55. The summed E-state index contributed by atoms with van der Waals surface area (Å²) in [5.74, 6) is -1.12. The van der Waals surface area contributed by atoms with Crippen molar-refractivity contribution in [3.05, 3.63) is 80.1 Å². The van der Waals surface area contributed by atoms with E-state index in [0.717, 1.165) is 11.3 Å². The predicted molar refractivity (Wildman–Crippen MR) is 129 cm³/mol. The summed E-state index contributed by atoms with van der Waals surface area (Å²) in [6.07, 6.45) is 0. The number of carbonyl (C=O) groups excluding carboxylic acids is 2. The number of carbonyl (C=O) groups is 2. The second-order valence-electron chi connectivity index (χ2n) is 7.81. The van der Waals surface area contributed by atoms with Gasteiger partial charge < -0.3 is 19.0 Å². The number of amides is 1. The highest BCUT2D eigenvalue weighted by Gasteiger charge is 2.45. The van der Waals surface area contributed by atoms with Crippen LogP contribution < -0.4 is 15.1 Å². The van der Waals surface area contributed by atoms with Crippen LogP contribution in [0.3, 0.4) is 0 Å². The van der Waals surface area contributed by atoms with E-state index in [4.69, 9.17) is 13.9 Å². The normalized spacial score (nSPS) is 14.9. The first-order chi connectivity index (χ1) is 16.8. The van der Waals surface area contributed by atoms with Crippen LogP contribution in [-0.2, 0) is 4.74 Å². The van der Waals surface area contributed by atoms with Gasteiger partial charge in [-0.25, -0.2) is 9.78 Å². The number of hydrogen-bond acceptors (Lipinski definition) is 9. The van der Waals surface area contributed by atoms with Crippen LogP contribution in [0.4, 0.5) is 5.13 Å². The molecule has 0 radical (unpaired) electrons. The molecule has 0 saturated heterocycles. The monoisotopic (exact) mass is 492 g/mol. The van der Waals surface area contributed by atoms with Gasteiger partial charge >= 0.3 is 5.97 Å². The Hall–Kier alpha value is -4.18. The van der Waals surface area contributed by atoms with E-state index in [2.05, 4.69) is 4.98 Å². The van der Waals surface area contributed by atoms with Gasteiger partial charge in [0.1, 0.15) is 10.5 Å². The first-order valence-corrected chi connectivity index (χ1v) is 11.6. The number of nitrogens with zero attached hydrogens (tertiary/aromatic N) is 2. The highest BCUT2D eigenvalue weighted by Crippen LogP contribution is 2.44. The molecule has 178 valence electrons. The van der Waals surface area contributed by atoms with Crippen molar-refractivity contribution in [3.8, 4) is 11.5 Å². The summed E-state index contributed by atoms with van der Waals surface area (Å²) in [5.41, 5.74) is 0.982. The molecular weight excluding hydrogens is 472 g/mol. The molecule has 2 aromatic heterocycles. The van der Waals surface area contributed by atoms with Crippen molar-refractivity contribution in [2.24, 2.45) is 0 Å². The molecule has 0 aliphatic carbocycles. The third-order valence-electron chi connectivity index (χ3n) is 5.75. The molecule has 1 aliphatic rings. The SMILES string of the molecule is CCOC(=O)c1sc(N2C(=O)c3oc4ccccc4c(=O)c3C2c2ccc(O)c(OC)c2)nc1C. The lowest BCUT2D eigenvalue weighted by Gasteiger charge is -2.23. The molecule has 0 spiro atoms. The molecule has 35 heavy (non-hydrogen) atoms. The van der Waals surface area contributed by atoms with E-state index >= 15 is 0 Å². The van der Waals surface area contributed by atoms with Gasteiger partial charge in [0.15, 0.2) is 22.1 Å². The van der Waals surface area contributed by atoms with Crippen LogP contribution in [0.1, 0.15) is 50.0 Å². The van der Waals surface area contributed by atoms with Gasteiger partial charge in [-0.1, -0.05) is 29.5 Å². The molecule has 10 heteroatoms. The summed E-state index contributed by atoms with van der Waals surface area (Å²) in [6, 6.07) is 10.3. The molecule has 0 fully saturated rings. The molecule has 1 N–H and O–H groups in total. The molecule has 0 bridgehead atoms. The van der Waals surface area contributed by atoms with Crippen molar-refractivity contribution in [2.45, 2.75) is 19.9 Å². The van der Waals surface area contributed by atoms with Gasteiger partial charge in [-0.2, -0.15) is 0 Å². The summed E-state index contributed by atoms with van der Waals surface area (Å²) >= 11 is 0.996. The maximum Gasteiger partial charge on any atom is 0.350 e. The van der Waals surface area contributed by atoms with Crippen LogP contribution in [0.25, 0.3) is 11.0 Å². The molecule has 5 rings (SSSR count). The van der Waals surface area contributed by atoms with E-state index in [0.29, 0.717) is 16.6 Å². The minimum absolute atomic E-state index is 0.0902. The number of aromatic hydroxyl groups is 1. The van der Waals surface area contributed by atoms with Gasteiger partial charge in [0.25, 0.3) is 5.91 Å². The average Bonchev–Trinajstić information content (AvgIpc) is 3.37. The van der Waals surface area contributed by atoms with Crippen LogP contribution in [0.15, 0.2) is 51.7 Å². The molecule has 1 atom stereocenters. The van der Waals surface area contributed by atoms with E-state index in [1.165, 1.54) is 18.1 Å². The Kier molecular flexibility index (Phi) is 5.52. The van der Waals surface area contributed by atoms with Crippen molar-refractivity contribution in [3.63, 3.8) is 0 Å². The Morgan fingerprint density at radius 2 is 2.00 bits per heavy atom. The fraction of sp³-hybridized carbons (Fsp3) is 0.200. The molecular formula is C25H20N2O7S. The lowest BCUT2D eigenvalue weighted by molar-refractivity contribution is 0.0531. The Labute approximate surface area is 203 Å². The average molecular weight is 493 g/mol. The van der Waals surface area contributed by atoms with Crippen LogP contribution in [0.5, 0.6) is 11.5 Å². The number of thiazole rings is 1. The molecule has 2 aromatic carbocycles. The zero-order chi connectivity index (χ0) is 24.9. The number of rotatable bonds is 5. The molecule has 3 heterocycles. The largest absolute Gasteiger partial charge is 0.504 e. The Morgan fingerprint density at radius 3 is 2.74 bits per heavy atom. The highest BCUT2D eigenvalue weighted by molar-refractivity contribution is 7.17. The topological polar surface area (TPSA) is 119 Å². The second-order valence-corrected chi connectivity index (χ2v) is 8.79. The number of methoxy groups -OCH3 is 1. The third-order valence-corrected chi connectivity index (χ3v) is 6.89. The zero-order valence-corrected chi connectivity index (χ0v) is 19.8. The van der Waals surface area contributed by atoms with Crippen LogP contribution in [-0.4, -0.2) is 35.7 Å². The van der Waals surface area contributed by atoms with Gasteiger partial charge in [-0.3, -0.25) is 14.5 Å². The van der Waals surface area contributed by atoms with E-state index in [9.17, 15) is 19.5 Å². The van der Waals surface area contributed by atoms with Crippen molar-refractivity contribution in [1.29, 1.82) is 0 Å². The molecule has 1 amide bonds. The van der Waals surface area contributed by atoms with Crippen molar-refractivity contribution in [2.75, 3.05) is 18.6 Å². The predicted octanol–water partition coefficient (Wildman–Crippen LogP) is 4.20. The quantitative estimate of drug-likeness (QED) is 0.412. The molecule has 0 saturated carbocycles. The van der Waals surface area contributed by atoms with Crippen molar-refractivity contribution < 1.29 is 28.6 Å². The number of benzene rings is 2. The Morgan fingerprint density at radius 1 is 1.23 bits per heavy atom. The standard InChI is InChI=1S/C25H20N2O7S/c1-4-33-24(31)22-12(2)26-25(35-22)27-19(13-9-10-15(28)17(11-13)32-3)18-20(29)14-7-5-6-8-16(14)34-21(18)23(27)30/h5-11,19,28H,4H2,1-3H3. The maximum absolute atomic E-state index is 13.7. The molecule has 1 unspecified atom stereocenters. The van der Waals surface area contributed by atoms with Crippen LogP contribution >= 0.6 is 11.3 Å². The Bertz CT molecular complexity index is 1560. The van der Waals surface area contributed by atoms with E-state index in [-0.39, 0.29) is 50.5 Å². The van der Waals surface area contributed by atoms with Gasteiger partial charge in [0.05, 0.1) is 36.4 Å². The minimum Gasteiger partial charge on any atom is -0.504 e. The number of fused-ring (bicyclic) bond motifs is 2. The van der Waals surface area contributed by atoms with E-state index in [1.54, 1.807) is 50.2 Å². The summed E-state index contributed by atoms with van der Waals surface area (Å²) in [6.45, 7) is 3.54. The number of ether oxygens (including phenoxy) is 2. The van der Waals surface area contributed by atoms with Crippen LogP contribution in [0, 0.1) is 6.92 Å². The van der Waals surface area contributed by atoms with Crippen molar-refractivity contribution in [1.82, 2.24) is 4.98 Å². The maximum atomic E-state index is 13.7. The highest BCUT2D eigenvalue weighted by atomic mass is 32.1. The first-order valence-electron chi connectivity index (χ1n) is 10.8. The fourth-order valence-corrected chi connectivity index (χ4v) is 5.16. The zero-order valence-electron chi connectivity index (χ0n) is 19.0. The molecule has 4 aromatic rings. The number of aryl methyl sites for hydroxylation is 1. The van der Waals surface area contributed by atoms with E-state index < -0.39 is 17.9 Å². The number of para-hydroxylation sites is 1. The number of phenols is 1. The number of phenolic OH excluding ortho intramolecular Hbond substituents is 1. The minimum atomic E-state index is -0.923. The summed E-state index contributed by atoms with van der Waals surface area (Å²) in [5, 5.41) is 10.7. The smallest absolute Gasteiger partial charge is 0.350 e. The third kappa shape index (κ3) is 3.53. The van der Waals surface area contributed by atoms with Gasteiger partial charge in [-0.05, 0) is 43.7 Å². The number of anilines is 1. The van der Waals surface area contributed by atoms with E-state index in [1.807, 2.05) is 0 Å². The molecule has 9 nitrogen and oxygen atoms in total. The van der Waals surface area contributed by atoms with Crippen molar-refractivity contribution >= 4 is 39.3 Å². The number of aromatic nitrogens is 1. The summed E-state index contributed by atoms with van der Waals surface area (Å²) < 4.78 is 16.3.